The summed E-state index contributed by atoms with van der Waals surface area (Å²) in [6.45, 7) is 1.88. The van der Waals surface area contributed by atoms with Gasteiger partial charge in [-0.3, -0.25) is 0 Å². The summed E-state index contributed by atoms with van der Waals surface area (Å²) in [5, 5.41) is 15.1. The van der Waals surface area contributed by atoms with Gasteiger partial charge < -0.3 is 10.4 Å². The summed E-state index contributed by atoms with van der Waals surface area (Å²) in [7, 11) is 0. The van der Waals surface area contributed by atoms with Crippen molar-refractivity contribution in [2.24, 2.45) is 0 Å². The van der Waals surface area contributed by atoms with E-state index in [1.54, 1.807) is 12.1 Å². The molecule has 1 aromatic heterocycles. The van der Waals surface area contributed by atoms with E-state index < -0.39 is 5.97 Å². The summed E-state index contributed by atoms with van der Waals surface area (Å²) in [6, 6.07) is 5.35. The van der Waals surface area contributed by atoms with Gasteiger partial charge in [-0.25, -0.2) is 9.78 Å². The van der Waals surface area contributed by atoms with Crippen molar-refractivity contribution in [1.29, 1.82) is 0 Å². The van der Waals surface area contributed by atoms with Crippen LogP contribution in [0.2, 0.25) is 0 Å². The normalized spacial score (nSPS) is 14.4. The molecule has 1 heterocycles. The van der Waals surface area contributed by atoms with Crippen LogP contribution in [0.3, 0.4) is 0 Å². The number of rotatable bonds is 4. The molecule has 0 unspecified atom stereocenters. The van der Waals surface area contributed by atoms with Crippen LogP contribution < -0.4 is 5.32 Å². The highest BCUT2D eigenvalue weighted by atomic mass is 32.1. The SMILES string of the molecule is Cc1ccc(Nc2nc(C3CC3)cs2)c(C(=O)O)c1. The van der Waals surface area contributed by atoms with Crippen molar-refractivity contribution in [3.8, 4) is 0 Å². The number of aromatic carboxylic acids is 1. The molecule has 1 saturated carbocycles. The number of hydrogen-bond acceptors (Lipinski definition) is 4. The van der Waals surface area contributed by atoms with E-state index in [2.05, 4.69) is 15.7 Å². The second-order valence-electron chi connectivity index (χ2n) is 4.83. The van der Waals surface area contributed by atoms with Crippen molar-refractivity contribution in [3.63, 3.8) is 0 Å². The van der Waals surface area contributed by atoms with Gasteiger partial charge in [-0.2, -0.15) is 0 Å². The summed E-state index contributed by atoms with van der Waals surface area (Å²) >= 11 is 1.52. The third-order valence-electron chi connectivity index (χ3n) is 3.16. The molecule has 19 heavy (non-hydrogen) atoms. The van der Waals surface area contributed by atoms with Crippen molar-refractivity contribution < 1.29 is 9.90 Å². The van der Waals surface area contributed by atoms with E-state index in [0.717, 1.165) is 16.4 Å². The first-order valence-corrected chi connectivity index (χ1v) is 7.08. The Morgan fingerprint density at radius 1 is 1.47 bits per heavy atom. The molecule has 98 valence electrons. The highest BCUT2D eigenvalue weighted by molar-refractivity contribution is 7.13. The molecule has 0 spiro atoms. The van der Waals surface area contributed by atoms with Crippen LogP contribution in [0.1, 0.15) is 40.4 Å². The van der Waals surface area contributed by atoms with E-state index in [9.17, 15) is 9.90 Å². The number of nitrogens with one attached hydrogen (secondary N) is 1. The van der Waals surface area contributed by atoms with Crippen LogP contribution in [0.5, 0.6) is 0 Å². The molecule has 3 rings (SSSR count). The van der Waals surface area contributed by atoms with Crippen molar-refractivity contribution in [2.75, 3.05) is 5.32 Å². The van der Waals surface area contributed by atoms with Crippen molar-refractivity contribution in [1.82, 2.24) is 4.98 Å². The lowest BCUT2D eigenvalue weighted by molar-refractivity contribution is 0.0698. The Kier molecular flexibility index (Phi) is 2.98. The van der Waals surface area contributed by atoms with E-state index in [-0.39, 0.29) is 5.56 Å². The van der Waals surface area contributed by atoms with Crippen molar-refractivity contribution in [3.05, 3.63) is 40.4 Å². The van der Waals surface area contributed by atoms with Gasteiger partial charge in [0.05, 0.1) is 16.9 Å². The highest BCUT2D eigenvalue weighted by Crippen LogP contribution is 2.41. The molecule has 4 nitrogen and oxygen atoms in total. The summed E-state index contributed by atoms with van der Waals surface area (Å²) in [4.78, 5) is 15.7. The highest BCUT2D eigenvalue weighted by Gasteiger charge is 2.26. The van der Waals surface area contributed by atoms with E-state index in [0.29, 0.717) is 11.6 Å². The summed E-state index contributed by atoms with van der Waals surface area (Å²) in [5.74, 6) is -0.311. The Bertz CT molecular complexity index is 632. The molecule has 0 aliphatic heterocycles. The van der Waals surface area contributed by atoms with Crippen LogP contribution in [0.4, 0.5) is 10.8 Å². The molecule has 0 atom stereocenters. The first kappa shape index (κ1) is 12.2. The van der Waals surface area contributed by atoms with Crippen LogP contribution in [-0.4, -0.2) is 16.1 Å². The van der Waals surface area contributed by atoms with Crippen LogP contribution in [-0.2, 0) is 0 Å². The lowest BCUT2D eigenvalue weighted by Crippen LogP contribution is -2.03. The number of carbonyl (C=O) groups is 1. The van der Waals surface area contributed by atoms with Gasteiger partial charge in [0.2, 0.25) is 0 Å². The average molecular weight is 274 g/mol. The van der Waals surface area contributed by atoms with E-state index >= 15 is 0 Å². The first-order valence-electron chi connectivity index (χ1n) is 6.20. The van der Waals surface area contributed by atoms with Gasteiger partial charge in [0.15, 0.2) is 5.13 Å². The second kappa shape index (κ2) is 4.66. The lowest BCUT2D eigenvalue weighted by Gasteiger charge is -2.07. The minimum Gasteiger partial charge on any atom is -0.478 e. The van der Waals surface area contributed by atoms with Crippen molar-refractivity contribution in [2.45, 2.75) is 25.7 Å². The zero-order valence-corrected chi connectivity index (χ0v) is 11.3. The topological polar surface area (TPSA) is 62.2 Å². The first-order chi connectivity index (χ1) is 9.13. The number of anilines is 2. The molecule has 2 aromatic rings. The maximum atomic E-state index is 11.2. The monoisotopic (exact) mass is 274 g/mol. The van der Waals surface area contributed by atoms with Crippen LogP contribution in [0.25, 0.3) is 0 Å². The standard InChI is InChI=1S/C14H14N2O2S/c1-8-2-5-11(10(6-8)13(17)18)15-14-16-12(7-19-14)9-3-4-9/h2,5-7,9H,3-4H2,1H3,(H,15,16)(H,17,18). The molecule has 2 N–H and O–H groups in total. The molecule has 0 saturated heterocycles. The Hall–Kier alpha value is -1.88. The fraction of sp³-hybridized carbons (Fsp3) is 0.286. The number of nitrogens with zero attached hydrogens (tertiary/aromatic N) is 1. The number of carboxylic acid groups (broad SMARTS) is 1. The maximum absolute atomic E-state index is 11.2. The molecular weight excluding hydrogens is 260 g/mol. The smallest absolute Gasteiger partial charge is 0.337 e. The number of aromatic nitrogens is 1. The van der Waals surface area contributed by atoms with Gasteiger partial charge in [0, 0.05) is 11.3 Å². The molecule has 5 heteroatoms. The molecule has 0 bridgehead atoms. The molecular formula is C14H14N2O2S. The van der Waals surface area contributed by atoms with Gasteiger partial charge in [-0.15, -0.1) is 11.3 Å². The van der Waals surface area contributed by atoms with Crippen LogP contribution in [0, 0.1) is 6.92 Å². The number of carboxylic acids is 1. The predicted molar refractivity (Wildman–Crippen MR) is 75.5 cm³/mol. The molecule has 1 aliphatic rings. The Balaban J connectivity index is 1.87. The maximum Gasteiger partial charge on any atom is 0.337 e. The zero-order valence-electron chi connectivity index (χ0n) is 10.5. The number of benzene rings is 1. The number of aryl methyl sites for hydroxylation is 1. The second-order valence-corrected chi connectivity index (χ2v) is 5.69. The number of thiazole rings is 1. The summed E-state index contributed by atoms with van der Waals surface area (Å²) < 4.78 is 0. The quantitative estimate of drug-likeness (QED) is 0.890. The van der Waals surface area contributed by atoms with Gasteiger partial charge in [0.25, 0.3) is 0 Å². The largest absolute Gasteiger partial charge is 0.478 e. The molecule has 0 amide bonds. The minimum absolute atomic E-state index is 0.281. The van der Waals surface area contributed by atoms with E-state index in [1.807, 2.05) is 13.0 Å². The Morgan fingerprint density at radius 2 is 2.26 bits per heavy atom. The van der Waals surface area contributed by atoms with Crippen LogP contribution >= 0.6 is 11.3 Å². The van der Waals surface area contributed by atoms with E-state index in [1.165, 1.54) is 24.2 Å². The minimum atomic E-state index is -0.926. The predicted octanol–water partition coefficient (Wildman–Crippen LogP) is 3.77. The zero-order chi connectivity index (χ0) is 13.4. The van der Waals surface area contributed by atoms with Gasteiger partial charge >= 0.3 is 5.97 Å². The van der Waals surface area contributed by atoms with Gasteiger partial charge in [-0.1, -0.05) is 11.6 Å². The molecule has 1 fully saturated rings. The molecule has 0 radical (unpaired) electrons. The summed E-state index contributed by atoms with van der Waals surface area (Å²) in [5.41, 5.74) is 2.93. The molecule has 1 aliphatic carbocycles. The Morgan fingerprint density at radius 3 is 2.95 bits per heavy atom. The third kappa shape index (κ3) is 2.61. The lowest BCUT2D eigenvalue weighted by atomic mass is 10.1. The van der Waals surface area contributed by atoms with Crippen molar-refractivity contribution >= 4 is 28.1 Å². The number of hydrogen-bond donors (Lipinski definition) is 2. The van der Waals surface area contributed by atoms with Gasteiger partial charge in [-0.05, 0) is 31.9 Å². The summed E-state index contributed by atoms with van der Waals surface area (Å²) in [6.07, 6.45) is 2.43. The van der Waals surface area contributed by atoms with Crippen LogP contribution in [0.15, 0.2) is 23.6 Å². The van der Waals surface area contributed by atoms with E-state index in [4.69, 9.17) is 0 Å². The Labute approximate surface area is 115 Å². The fourth-order valence-corrected chi connectivity index (χ4v) is 2.77. The van der Waals surface area contributed by atoms with Gasteiger partial charge in [0.1, 0.15) is 0 Å². The third-order valence-corrected chi connectivity index (χ3v) is 3.94. The fourth-order valence-electron chi connectivity index (χ4n) is 1.97. The average Bonchev–Trinajstić information content (AvgIpc) is 3.12. The molecule has 1 aromatic carbocycles.